The summed E-state index contributed by atoms with van der Waals surface area (Å²) < 4.78 is 10.8. The zero-order chi connectivity index (χ0) is 17.1. The van der Waals surface area contributed by atoms with Crippen LogP contribution in [0.4, 0.5) is 4.79 Å². The van der Waals surface area contributed by atoms with Gasteiger partial charge >= 0.3 is 6.03 Å². The zero-order valence-electron chi connectivity index (χ0n) is 13.3. The van der Waals surface area contributed by atoms with Gasteiger partial charge in [0.05, 0.1) is 17.3 Å². The number of aryl methyl sites for hydroxylation is 1. The van der Waals surface area contributed by atoms with E-state index in [0.29, 0.717) is 23.1 Å². The summed E-state index contributed by atoms with van der Waals surface area (Å²) in [5.74, 6) is 1.18. The number of aromatic amines is 1. The lowest BCUT2D eigenvalue weighted by molar-refractivity contribution is 0.242. The molecule has 1 aromatic carbocycles. The molecule has 2 amide bonds. The number of nitrogens with zero attached hydrogens (tertiary/aromatic N) is 1. The second kappa shape index (κ2) is 6.84. The molecule has 0 spiro atoms. The highest BCUT2D eigenvalue weighted by Gasteiger charge is 2.10. The molecule has 8 heteroatoms. The van der Waals surface area contributed by atoms with Gasteiger partial charge < -0.3 is 24.9 Å². The third-order valence-corrected chi connectivity index (χ3v) is 3.74. The van der Waals surface area contributed by atoms with Gasteiger partial charge in [0.15, 0.2) is 5.76 Å². The molecule has 0 fully saturated rings. The molecule has 0 radical (unpaired) electrons. The quantitative estimate of drug-likeness (QED) is 0.660. The minimum atomic E-state index is -0.238. The average Bonchev–Trinajstić information content (AvgIpc) is 3.15. The first-order valence-corrected chi connectivity index (χ1v) is 7.74. The van der Waals surface area contributed by atoms with E-state index in [2.05, 4.69) is 20.8 Å². The lowest BCUT2D eigenvalue weighted by Crippen LogP contribution is -2.32. The van der Waals surface area contributed by atoms with Crippen molar-refractivity contribution in [2.45, 2.75) is 20.1 Å². The van der Waals surface area contributed by atoms with Crippen LogP contribution in [-0.2, 0) is 13.2 Å². The maximum Gasteiger partial charge on any atom is 0.314 e. The number of rotatable bonds is 5. The van der Waals surface area contributed by atoms with E-state index in [9.17, 15) is 4.79 Å². The number of ether oxygens (including phenoxy) is 1. The number of H-pyrrole nitrogens is 1. The topological polar surface area (TPSA) is 92.2 Å². The van der Waals surface area contributed by atoms with Gasteiger partial charge in [0.1, 0.15) is 12.4 Å². The fourth-order valence-electron chi connectivity index (χ4n) is 2.30. The number of carbonyl (C=O) groups excluding carboxylic acids is 1. The number of carbonyl (C=O) groups is 1. The van der Waals surface area contributed by atoms with Gasteiger partial charge in [-0.3, -0.25) is 0 Å². The Morgan fingerprint density at radius 2 is 2.21 bits per heavy atom. The van der Waals surface area contributed by atoms with E-state index < -0.39 is 0 Å². The van der Waals surface area contributed by atoms with Crippen LogP contribution in [0.5, 0.6) is 5.75 Å². The number of urea groups is 1. The van der Waals surface area contributed by atoms with Gasteiger partial charge in [0.25, 0.3) is 0 Å². The Morgan fingerprint density at radius 1 is 1.38 bits per heavy atom. The number of aromatic nitrogens is 2. The Labute approximate surface area is 143 Å². The molecule has 0 unspecified atom stereocenters. The molecule has 0 aliphatic rings. The average molecular weight is 349 g/mol. The normalized spacial score (nSPS) is 10.8. The third-order valence-electron chi connectivity index (χ3n) is 3.44. The van der Waals surface area contributed by atoms with Crippen molar-refractivity contribution in [3.63, 3.8) is 0 Å². The third kappa shape index (κ3) is 3.62. The molecule has 2 aromatic heterocycles. The SMILES string of the molecule is CNC(=O)NCc1cc2cc(Cl)c(OCc3cc(C)no3)cc2[nH]1. The first-order chi connectivity index (χ1) is 11.5. The molecule has 3 aromatic rings. The number of halogens is 1. The maximum atomic E-state index is 11.2. The molecule has 7 nitrogen and oxygen atoms in total. The molecule has 0 aliphatic heterocycles. The van der Waals surface area contributed by atoms with Gasteiger partial charge in [0.2, 0.25) is 0 Å². The van der Waals surface area contributed by atoms with E-state index in [1.54, 1.807) is 7.05 Å². The number of hydrogen-bond donors (Lipinski definition) is 3. The highest BCUT2D eigenvalue weighted by Crippen LogP contribution is 2.31. The van der Waals surface area contributed by atoms with E-state index in [-0.39, 0.29) is 12.6 Å². The summed E-state index contributed by atoms with van der Waals surface area (Å²) in [5.41, 5.74) is 2.54. The summed E-state index contributed by atoms with van der Waals surface area (Å²) in [6.45, 7) is 2.48. The lowest BCUT2D eigenvalue weighted by Gasteiger charge is -2.06. The standard InChI is InChI=1S/C16H17ClN4O3/c1-9-3-12(24-21-9)8-23-15-6-14-10(5-13(15)17)4-11(20-14)7-19-16(22)18-2/h3-6,20H,7-8H2,1-2H3,(H2,18,19,22). The highest BCUT2D eigenvalue weighted by atomic mass is 35.5. The molecule has 24 heavy (non-hydrogen) atoms. The molecule has 0 bridgehead atoms. The number of benzene rings is 1. The number of amides is 2. The number of hydrogen-bond acceptors (Lipinski definition) is 4. The van der Waals surface area contributed by atoms with Crippen molar-refractivity contribution in [3.8, 4) is 5.75 Å². The van der Waals surface area contributed by atoms with Crippen LogP contribution in [0.1, 0.15) is 17.1 Å². The molecule has 3 rings (SSSR count). The highest BCUT2D eigenvalue weighted by molar-refractivity contribution is 6.32. The minimum Gasteiger partial charge on any atom is -0.484 e. The molecule has 0 atom stereocenters. The van der Waals surface area contributed by atoms with Crippen LogP contribution >= 0.6 is 11.6 Å². The summed E-state index contributed by atoms with van der Waals surface area (Å²) in [7, 11) is 1.57. The summed E-state index contributed by atoms with van der Waals surface area (Å²) in [4.78, 5) is 14.5. The molecule has 2 heterocycles. The second-order valence-electron chi connectivity index (χ2n) is 5.32. The number of fused-ring (bicyclic) bond motifs is 1. The van der Waals surface area contributed by atoms with Crippen LogP contribution in [0.25, 0.3) is 10.9 Å². The van der Waals surface area contributed by atoms with Gasteiger partial charge in [-0.15, -0.1) is 0 Å². The predicted octanol–water partition coefficient (Wildman–Crippen LogP) is 3.13. The van der Waals surface area contributed by atoms with Crippen LogP contribution in [0.3, 0.4) is 0 Å². The van der Waals surface area contributed by atoms with Crippen molar-refractivity contribution in [1.82, 2.24) is 20.8 Å². The van der Waals surface area contributed by atoms with Gasteiger partial charge in [-0.05, 0) is 19.1 Å². The second-order valence-corrected chi connectivity index (χ2v) is 5.73. The van der Waals surface area contributed by atoms with Crippen LogP contribution in [0.2, 0.25) is 5.02 Å². The molecule has 0 saturated carbocycles. The van der Waals surface area contributed by atoms with Gasteiger partial charge in [-0.25, -0.2) is 4.79 Å². The first kappa shape index (κ1) is 16.2. The van der Waals surface area contributed by atoms with Crippen LogP contribution in [0.15, 0.2) is 28.8 Å². The van der Waals surface area contributed by atoms with Gasteiger partial charge in [-0.2, -0.15) is 0 Å². The Balaban J connectivity index is 1.74. The maximum absolute atomic E-state index is 11.2. The Kier molecular flexibility index (Phi) is 4.61. The van der Waals surface area contributed by atoms with Crippen molar-refractivity contribution in [3.05, 3.63) is 46.4 Å². The molecule has 3 N–H and O–H groups in total. The molecule has 0 aliphatic carbocycles. The Hall–Kier alpha value is -2.67. The Morgan fingerprint density at radius 3 is 2.92 bits per heavy atom. The predicted molar refractivity (Wildman–Crippen MR) is 90.2 cm³/mol. The molecule has 0 saturated heterocycles. The fourth-order valence-corrected chi connectivity index (χ4v) is 2.52. The molecular formula is C16H17ClN4O3. The van der Waals surface area contributed by atoms with E-state index in [4.69, 9.17) is 20.9 Å². The van der Waals surface area contributed by atoms with Crippen molar-refractivity contribution in [2.75, 3.05) is 7.05 Å². The lowest BCUT2D eigenvalue weighted by atomic mass is 10.2. The van der Waals surface area contributed by atoms with Crippen LogP contribution < -0.4 is 15.4 Å². The van der Waals surface area contributed by atoms with E-state index in [1.165, 1.54) is 0 Å². The smallest absolute Gasteiger partial charge is 0.314 e. The first-order valence-electron chi connectivity index (χ1n) is 7.37. The fraction of sp³-hybridized carbons (Fsp3) is 0.250. The summed E-state index contributed by atoms with van der Waals surface area (Å²) in [6.07, 6.45) is 0. The van der Waals surface area contributed by atoms with Crippen molar-refractivity contribution >= 4 is 28.5 Å². The number of nitrogens with one attached hydrogen (secondary N) is 3. The molecule has 126 valence electrons. The summed E-state index contributed by atoms with van der Waals surface area (Å²) in [5, 5.41) is 10.5. The minimum absolute atomic E-state index is 0.238. The monoisotopic (exact) mass is 348 g/mol. The molecular weight excluding hydrogens is 332 g/mol. The summed E-state index contributed by atoms with van der Waals surface area (Å²) in [6, 6.07) is 7.14. The van der Waals surface area contributed by atoms with E-state index in [1.807, 2.05) is 31.2 Å². The van der Waals surface area contributed by atoms with E-state index >= 15 is 0 Å². The van der Waals surface area contributed by atoms with Crippen molar-refractivity contribution < 1.29 is 14.1 Å². The van der Waals surface area contributed by atoms with Gasteiger partial charge in [0, 0.05) is 35.8 Å². The van der Waals surface area contributed by atoms with Crippen LogP contribution in [-0.4, -0.2) is 23.2 Å². The Bertz CT molecular complexity index is 871. The van der Waals surface area contributed by atoms with Crippen molar-refractivity contribution in [2.24, 2.45) is 0 Å². The summed E-state index contributed by atoms with van der Waals surface area (Å²) >= 11 is 6.27. The zero-order valence-corrected chi connectivity index (χ0v) is 14.0. The largest absolute Gasteiger partial charge is 0.484 e. The van der Waals surface area contributed by atoms with E-state index in [0.717, 1.165) is 22.3 Å². The van der Waals surface area contributed by atoms with Crippen LogP contribution in [0, 0.1) is 6.92 Å². The van der Waals surface area contributed by atoms with Crippen molar-refractivity contribution in [1.29, 1.82) is 0 Å². The van der Waals surface area contributed by atoms with Gasteiger partial charge in [-0.1, -0.05) is 16.8 Å².